The molecule has 3 aromatic rings. The Labute approximate surface area is 239 Å². The van der Waals surface area contributed by atoms with Crippen LogP contribution in [0.15, 0.2) is 65.6 Å². The second kappa shape index (κ2) is 12.6. The summed E-state index contributed by atoms with van der Waals surface area (Å²) in [5.74, 6) is -2.21. The molecule has 8 nitrogen and oxygen atoms in total. The van der Waals surface area contributed by atoms with Gasteiger partial charge in [-0.3, -0.25) is 9.59 Å². The SMILES string of the molecule is COc1ccc2c(c1)CCN(C(=O)NCC(=O)OCc1ccccc1)[C@H]2C(=O)Nc1cc(F)c(S(C)(C)C)c(F)c1. The lowest BCUT2D eigenvalue weighted by atomic mass is 9.91. The molecule has 0 bridgehead atoms. The highest BCUT2D eigenvalue weighted by atomic mass is 32.3. The highest BCUT2D eigenvalue weighted by molar-refractivity contribution is 8.32. The van der Waals surface area contributed by atoms with Crippen LogP contribution in [-0.2, 0) is 27.4 Å². The van der Waals surface area contributed by atoms with Crippen molar-refractivity contribution in [3.8, 4) is 5.75 Å². The molecule has 4 rings (SSSR count). The zero-order valence-electron chi connectivity index (χ0n) is 23.3. The predicted octanol–water partition coefficient (Wildman–Crippen LogP) is 5.02. The number of benzene rings is 3. The van der Waals surface area contributed by atoms with Crippen LogP contribution in [0.4, 0.5) is 19.3 Å². The molecule has 3 amide bonds. The molecule has 1 aliphatic heterocycles. The Morgan fingerprint density at radius 1 is 1.00 bits per heavy atom. The molecule has 0 unspecified atom stereocenters. The number of ether oxygens (including phenoxy) is 2. The molecule has 0 saturated carbocycles. The maximum atomic E-state index is 14.9. The van der Waals surface area contributed by atoms with E-state index >= 15 is 0 Å². The Kier molecular flexibility index (Phi) is 9.17. The molecule has 41 heavy (non-hydrogen) atoms. The van der Waals surface area contributed by atoms with Crippen molar-refractivity contribution in [3.63, 3.8) is 0 Å². The van der Waals surface area contributed by atoms with Gasteiger partial charge in [0.05, 0.1) is 12.0 Å². The average molecular weight is 586 g/mol. The second-order valence-corrected chi connectivity index (χ2v) is 14.4. The minimum atomic E-state index is -1.70. The number of fused-ring (bicyclic) bond motifs is 1. The number of hydrogen-bond acceptors (Lipinski definition) is 5. The highest BCUT2D eigenvalue weighted by Gasteiger charge is 2.37. The first-order valence-electron chi connectivity index (χ1n) is 12.9. The van der Waals surface area contributed by atoms with Gasteiger partial charge in [0, 0.05) is 12.2 Å². The maximum absolute atomic E-state index is 14.9. The van der Waals surface area contributed by atoms with Crippen LogP contribution < -0.4 is 15.4 Å². The largest absolute Gasteiger partial charge is 0.497 e. The number of anilines is 1. The number of esters is 1. The van der Waals surface area contributed by atoms with Crippen molar-refractivity contribution in [2.24, 2.45) is 0 Å². The topological polar surface area (TPSA) is 97.0 Å². The van der Waals surface area contributed by atoms with Crippen LogP contribution in [0.25, 0.3) is 0 Å². The highest BCUT2D eigenvalue weighted by Crippen LogP contribution is 2.48. The van der Waals surface area contributed by atoms with E-state index in [2.05, 4.69) is 10.6 Å². The lowest BCUT2D eigenvalue weighted by molar-refractivity contribution is -0.143. The van der Waals surface area contributed by atoms with E-state index in [1.54, 1.807) is 37.0 Å². The van der Waals surface area contributed by atoms with Crippen LogP contribution in [0.5, 0.6) is 5.75 Å². The number of carbonyl (C=O) groups excluding carboxylic acids is 3. The van der Waals surface area contributed by atoms with Gasteiger partial charge >= 0.3 is 12.0 Å². The molecule has 0 radical (unpaired) electrons. The third kappa shape index (κ3) is 7.15. The molecule has 1 aliphatic rings. The quantitative estimate of drug-likeness (QED) is 0.362. The predicted molar refractivity (Wildman–Crippen MR) is 154 cm³/mol. The van der Waals surface area contributed by atoms with Crippen LogP contribution in [-0.4, -0.2) is 61.8 Å². The third-order valence-corrected chi connectivity index (χ3v) is 8.21. The van der Waals surface area contributed by atoms with Crippen LogP contribution >= 0.6 is 10.0 Å². The number of halogens is 2. The summed E-state index contributed by atoms with van der Waals surface area (Å²) in [6.07, 6.45) is 5.74. The smallest absolute Gasteiger partial charge is 0.325 e. The summed E-state index contributed by atoms with van der Waals surface area (Å²) in [5.41, 5.74) is 2.06. The van der Waals surface area contributed by atoms with E-state index in [-0.39, 0.29) is 23.7 Å². The van der Waals surface area contributed by atoms with Gasteiger partial charge in [-0.25, -0.2) is 23.6 Å². The van der Waals surface area contributed by atoms with Gasteiger partial charge in [0.15, 0.2) is 0 Å². The van der Waals surface area contributed by atoms with Crippen LogP contribution in [0, 0.1) is 11.6 Å². The summed E-state index contributed by atoms with van der Waals surface area (Å²) in [6, 6.07) is 14.6. The van der Waals surface area contributed by atoms with E-state index in [1.165, 1.54) is 12.0 Å². The fourth-order valence-electron chi connectivity index (χ4n) is 4.70. The van der Waals surface area contributed by atoms with E-state index in [0.29, 0.717) is 17.7 Å². The Balaban J connectivity index is 1.53. The molecule has 3 aromatic carbocycles. The van der Waals surface area contributed by atoms with Crippen molar-refractivity contribution in [2.75, 3.05) is 44.3 Å². The molecule has 0 spiro atoms. The Morgan fingerprint density at radius 3 is 2.32 bits per heavy atom. The van der Waals surface area contributed by atoms with E-state index < -0.39 is 52.2 Å². The number of amides is 3. The second-order valence-electron chi connectivity index (χ2n) is 10.3. The number of rotatable bonds is 8. The minimum Gasteiger partial charge on any atom is -0.497 e. The van der Waals surface area contributed by atoms with Crippen molar-refractivity contribution in [2.45, 2.75) is 24.0 Å². The maximum Gasteiger partial charge on any atom is 0.325 e. The zero-order valence-corrected chi connectivity index (χ0v) is 24.1. The fourth-order valence-corrected chi connectivity index (χ4v) is 5.99. The molecule has 1 atom stereocenters. The summed E-state index contributed by atoms with van der Waals surface area (Å²) >= 11 is 0. The first kappa shape index (κ1) is 29.9. The Morgan fingerprint density at radius 2 is 1.68 bits per heavy atom. The minimum absolute atomic E-state index is 0.00855. The van der Waals surface area contributed by atoms with E-state index in [1.807, 2.05) is 30.3 Å². The van der Waals surface area contributed by atoms with E-state index in [9.17, 15) is 23.2 Å². The molecule has 0 aliphatic carbocycles. The lowest BCUT2D eigenvalue weighted by Crippen LogP contribution is -2.50. The molecular formula is C30H33F2N3O5S. The van der Waals surface area contributed by atoms with E-state index in [4.69, 9.17) is 9.47 Å². The monoisotopic (exact) mass is 585 g/mol. The molecule has 11 heteroatoms. The van der Waals surface area contributed by atoms with Gasteiger partial charge < -0.3 is 25.0 Å². The first-order valence-corrected chi connectivity index (χ1v) is 15.7. The number of methoxy groups -OCH3 is 1. The molecular weight excluding hydrogens is 552 g/mol. The molecule has 1 heterocycles. The Bertz CT molecular complexity index is 1420. The molecule has 218 valence electrons. The Hall–Kier alpha value is -4.12. The molecule has 0 fully saturated rings. The molecule has 0 saturated heterocycles. The summed E-state index contributed by atoms with van der Waals surface area (Å²) < 4.78 is 40.3. The van der Waals surface area contributed by atoms with Gasteiger partial charge in [-0.15, -0.1) is 0 Å². The fraction of sp³-hybridized carbons (Fsp3) is 0.300. The zero-order chi connectivity index (χ0) is 29.7. The summed E-state index contributed by atoms with van der Waals surface area (Å²) in [6.45, 7) is -0.195. The standard InChI is InChI=1S/C30H33F2N3O5S/c1-39-22-10-11-23-20(14-22)12-13-35(30(38)33-17-26(36)40-18-19-8-6-5-7-9-19)27(23)29(37)34-21-15-24(31)28(25(32)16-21)41(2,3)4/h5-11,14-16,27H,12-13,17-18H2,1-4H3,(H,33,38)(H,34,37)/t27-/m1/s1. The first-order chi connectivity index (χ1) is 19.5. The lowest BCUT2D eigenvalue weighted by Gasteiger charge is -2.36. The van der Waals surface area contributed by atoms with Crippen molar-refractivity contribution < 1.29 is 32.6 Å². The van der Waals surface area contributed by atoms with Gasteiger partial charge in [0.2, 0.25) is 0 Å². The average Bonchev–Trinajstić information content (AvgIpc) is 2.93. The van der Waals surface area contributed by atoms with Crippen LogP contribution in [0.3, 0.4) is 0 Å². The number of hydrogen-bond donors (Lipinski definition) is 2. The summed E-state index contributed by atoms with van der Waals surface area (Å²) in [5, 5.41) is 5.10. The van der Waals surface area contributed by atoms with Crippen molar-refractivity contribution in [3.05, 3.63) is 89.0 Å². The summed E-state index contributed by atoms with van der Waals surface area (Å²) in [7, 11) is -0.178. The van der Waals surface area contributed by atoms with Crippen molar-refractivity contribution >= 4 is 33.6 Å². The number of nitrogens with zero attached hydrogens (tertiary/aromatic N) is 1. The number of urea groups is 1. The van der Waals surface area contributed by atoms with Gasteiger partial charge in [-0.1, -0.05) is 36.4 Å². The van der Waals surface area contributed by atoms with Crippen LogP contribution in [0.2, 0.25) is 0 Å². The third-order valence-electron chi connectivity index (χ3n) is 6.59. The van der Waals surface area contributed by atoms with Gasteiger partial charge in [0.25, 0.3) is 5.91 Å². The van der Waals surface area contributed by atoms with Crippen molar-refractivity contribution in [1.29, 1.82) is 0 Å². The normalized spacial score (nSPS) is 15.0. The summed E-state index contributed by atoms with van der Waals surface area (Å²) in [4.78, 5) is 40.4. The molecule has 0 aromatic heterocycles. The van der Waals surface area contributed by atoms with Crippen molar-refractivity contribution in [1.82, 2.24) is 10.2 Å². The molecule has 2 N–H and O–H groups in total. The van der Waals surface area contributed by atoms with Gasteiger partial charge in [-0.05, 0) is 66.1 Å². The van der Waals surface area contributed by atoms with Crippen LogP contribution in [0.1, 0.15) is 22.7 Å². The van der Waals surface area contributed by atoms with Gasteiger partial charge in [-0.2, -0.15) is 0 Å². The number of carbonyl (C=O) groups is 3. The van der Waals surface area contributed by atoms with E-state index in [0.717, 1.165) is 23.3 Å². The van der Waals surface area contributed by atoms with Gasteiger partial charge in [0.1, 0.15) is 36.6 Å². The number of nitrogens with one attached hydrogen (secondary N) is 2.